The average Bonchev–Trinajstić information content (AvgIpc) is 3.12. The van der Waals surface area contributed by atoms with Crippen LogP contribution in [-0.2, 0) is 4.79 Å². The van der Waals surface area contributed by atoms with Crippen molar-refractivity contribution in [1.82, 2.24) is 25.1 Å². The van der Waals surface area contributed by atoms with E-state index < -0.39 is 0 Å². The Hall–Kier alpha value is -2.48. The maximum atomic E-state index is 11.5. The second-order valence-corrected chi connectivity index (χ2v) is 6.96. The monoisotopic (exact) mass is 358 g/mol. The Kier molecular flexibility index (Phi) is 5.51. The standard InChI is InChI=1S/C18H26N6O2/c1-12(2)24-18(20-21-22-24)16(13-4-6-15(26-3)7-5-13)23-10-8-14(9-11-23)17(19)25/h4-7,12,14,16H,8-11H2,1-3H3,(H2,19,25). The van der Waals surface area contributed by atoms with Crippen LogP contribution < -0.4 is 10.5 Å². The van der Waals surface area contributed by atoms with Crippen LogP contribution in [0, 0.1) is 5.92 Å². The summed E-state index contributed by atoms with van der Waals surface area (Å²) in [4.78, 5) is 13.8. The molecule has 1 unspecified atom stereocenters. The molecule has 3 rings (SSSR count). The first-order valence-electron chi connectivity index (χ1n) is 8.96. The van der Waals surface area contributed by atoms with Crippen LogP contribution in [-0.4, -0.2) is 51.2 Å². The van der Waals surface area contributed by atoms with Gasteiger partial charge in [0.25, 0.3) is 0 Å². The molecule has 0 radical (unpaired) electrons. The van der Waals surface area contributed by atoms with Gasteiger partial charge in [-0.25, -0.2) is 4.68 Å². The second kappa shape index (κ2) is 7.82. The van der Waals surface area contributed by atoms with Gasteiger partial charge in [0, 0.05) is 5.92 Å². The molecule has 2 heterocycles. The van der Waals surface area contributed by atoms with Gasteiger partial charge < -0.3 is 10.5 Å². The van der Waals surface area contributed by atoms with Gasteiger partial charge in [-0.15, -0.1) is 5.10 Å². The van der Waals surface area contributed by atoms with E-state index in [1.54, 1.807) is 7.11 Å². The quantitative estimate of drug-likeness (QED) is 0.841. The van der Waals surface area contributed by atoms with Crippen molar-refractivity contribution in [2.24, 2.45) is 11.7 Å². The number of carbonyl (C=O) groups excluding carboxylic acids is 1. The van der Waals surface area contributed by atoms with Crippen molar-refractivity contribution in [2.75, 3.05) is 20.2 Å². The first-order chi connectivity index (χ1) is 12.5. The number of amides is 1. The van der Waals surface area contributed by atoms with E-state index in [-0.39, 0.29) is 23.9 Å². The highest BCUT2D eigenvalue weighted by Gasteiger charge is 2.32. The number of benzene rings is 1. The Morgan fingerprint density at radius 1 is 1.23 bits per heavy atom. The molecule has 1 atom stereocenters. The highest BCUT2D eigenvalue weighted by atomic mass is 16.5. The smallest absolute Gasteiger partial charge is 0.220 e. The van der Waals surface area contributed by atoms with Gasteiger partial charge >= 0.3 is 0 Å². The summed E-state index contributed by atoms with van der Waals surface area (Å²) < 4.78 is 7.13. The van der Waals surface area contributed by atoms with Crippen molar-refractivity contribution in [1.29, 1.82) is 0 Å². The number of ether oxygens (including phenoxy) is 1. The molecule has 0 spiro atoms. The number of rotatable bonds is 6. The maximum Gasteiger partial charge on any atom is 0.220 e. The zero-order valence-corrected chi connectivity index (χ0v) is 15.5. The molecule has 1 aliphatic heterocycles. The molecule has 1 fully saturated rings. The third-order valence-corrected chi connectivity index (χ3v) is 4.98. The molecule has 2 N–H and O–H groups in total. The third kappa shape index (κ3) is 3.70. The van der Waals surface area contributed by atoms with Crippen molar-refractivity contribution in [3.05, 3.63) is 35.7 Å². The van der Waals surface area contributed by atoms with Gasteiger partial charge in [0.05, 0.1) is 19.2 Å². The van der Waals surface area contributed by atoms with Crippen molar-refractivity contribution in [2.45, 2.75) is 38.8 Å². The van der Waals surface area contributed by atoms with Crippen LogP contribution >= 0.6 is 0 Å². The maximum absolute atomic E-state index is 11.5. The van der Waals surface area contributed by atoms with Crippen LogP contribution in [0.25, 0.3) is 0 Å². The number of hydrogen-bond donors (Lipinski definition) is 1. The summed E-state index contributed by atoms with van der Waals surface area (Å²) in [6, 6.07) is 8.06. The Morgan fingerprint density at radius 2 is 1.88 bits per heavy atom. The van der Waals surface area contributed by atoms with E-state index in [9.17, 15) is 4.79 Å². The lowest BCUT2D eigenvalue weighted by Gasteiger charge is -2.36. The van der Waals surface area contributed by atoms with Gasteiger partial charge in [-0.3, -0.25) is 9.69 Å². The van der Waals surface area contributed by atoms with Gasteiger partial charge in [-0.2, -0.15) is 0 Å². The van der Waals surface area contributed by atoms with Crippen LogP contribution in [0.15, 0.2) is 24.3 Å². The molecule has 140 valence electrons. The molecule has 1 aromatic heterocycles. The zero-order chi connectivity index (χ0) is 18.7. The lowest BCUT2D eigenvalue weighted by atomic mass is 9.93. The summed E-state index contributed by atoms with van der Waals surface area (Å²) in [7, 11) is 1.65. The number of methoxy groups -OCH3 is 1. The summed E-state index contributed by atoms with van der Waals surface area (Å²) in [5.41, 5.74) is 6.58. The first kappa shape index (κ1) is 18.3. The molecule has 2 aromatic rings. The molecule has 1 aliphatic rings. The minimum absolute atomic E-state index is 0.0520. The fourth-order valence-electron chi connectivity index (χ4n) is 3.50. The topological polar surface area (TPSA) is 99.2 Å². The Labute approximate surface area is 153 Å². The molecule has 1 amide bonds. The summed E-state index contributed by atoms with van der Waals surface area (Å²) in [5.74, 6) is 1.35. The largest absolute Gasteiger partial charge is 0.497 e. The highest BCUT2D eigenvalue weighted by molar-refractivity contribution is 5.76. The number of nitrogens with zero attached hydrogens (tertiary/aromatic N) is 5. The third-order valence-electron chi connectivity index (χ3n) is 4.98. The number of nitrogens with two attached hydrogens (primary N) is 1. The van der Waals surface area contributed by atoms with E-state index >= 15 is 0 Å². The lowest BCUT2D eigenvalue weighted by Crippen LogP contribution is -2.41. The normalized spacial score (nSPS) is 17.4. The molecule has 1 aromatic carbocycles. The van der Waals surface area contributed by atoms with E-state index in [4.69, 9.17) is 10.5 Å². The lowest BCUT2D eigenvalue weighted by molar-refractivity contribution is -0.123. The molecular formula is C18H26N6O2. The first-order valence-corrected chi connectivity index (χ1v) is 8.96. The number of likely N-dealkylation sites (tertiary alicyclic amines) is 1. The van der Waals surface area contributed by atoms with E-state index in [0.717, 1.165) is 43.1 Å². The summed E-state index contributed by atoms with van der Waals surface area (Å²) in [5, 5.41) is 12.4. The minimum Gasteiger partial charge on any atom is -0.497 e. The van der Waals surface area contributed by atoms with Gasteiger partial charge in [0.15, 0.2) is 5.82 Å². The molecule has 0 saturated carbocycles. The number of primary amides is 1. The minimum atomic E-state index is -0.210. The van der Waals surface area contributed by atoms with Crippen molar-refractivity contribution in [3.8, 4) is 5.75 Å². The van der Waals surface area contributed by atoms with Crippen molar-refractivity contribution >= 4 is 5.91 Å². The van der Waals surface area contributed by atoms with Crippen molar-refractivity contribution in [3.63, 3.8) is 0 Å². The van der Waals surface area contributed by atoms with E-state index in [2.05, 4.69) is 34.3 Å². The molecule has 0 aliphatic carbocycles. The van der Waals surface area contributed by atoms with Gasteiger partial charge in [-0.1, -0.05) is 12.1 Å². The van der Waals surface area contributed by atoms with Crippen LogP contribution in [0.2, 0.25) is 0 Å². The van der Waals surface area contributed by atoms with Gasteiger partial charge in [-0.05, 0) is 67.9 Å². The fourth-order valence-corrected chi connectivity index (χ4v) is 3.50. The molecular weight excluding hydrogens is 332 g/mol. The number of hydrogen-bond acceptors (Lipinski definition) is 6. The molecule has 8 heteroatoms. The predicted octanol–water partition coefficient (Wildman–Crippen LogP) is 1.55. The van der Waals surface area contributed by atoms with Crippen LogP contribution in [0.3, 0.4) is 0 Å². The Balaban J connectivity index is 1.94. The Bertz CT molecular complexity index is 734. The van der Waals surface area contributed by atoms with E-state index in [1.807, 2.05) is 28.9 Å². The van der Waals surface area contributed by atoms with Crippen LogP contribution in [0.5, 0.6) is 5.75 Å². The van der Waals surface area contributed by atoms with Crippen LogP contribution in [0.4, 0.5) is 0 Å². The van der Waals surface area contributed by atoms with Crippen molar-refractivity contribution < 1.29 is 9.53 Å². The molecule has 0 bridgehead atoms. The van der Waals surface area contributed by atoms with E-state index in [0.29, 0.717) is 0 Å². The highest BCUT2D eigenvalue weighted by Crippen LogP contribution is 2.32. The summed E-state index contributed by atoms with van der Waals surface area (Å²) in [6.45, 7) is 5.67. The summed E-state index contributed by atoms with van der Waals surface area (Å²) >= 11 is 0. The molecule has 1 saturated heterocycles. The number of tetrazole rings is 1. The SMILES string of the molecule is COc1ccc(C(c2nnnn2C(C)C)N2CCC(C(N)=O)CC2)cc1. The predicted molar refractivity (Wildman–Crippen MR) is 96.5 cm³/mol. The molecule has 8 nitrogen and oxygen atoms in total. The van der Waals surface area contributed by atoms with Gasteiger partial charge in [0.1, 0.15) is 5.75 Å². The summed E-state index contributed by atoms with van der Waals surface area (Å²) in [6.07, 6.45) is 1.51. The van der Waals surface area contributed by atoms with E-state index in [1.165, 1.54) is 0 Å². The number of carbonyl (C=O) groups is 1. The second-order valence-electron chi connectivity index (χ2n) is 6.96. The fraction of sp³-hybridized carbons (Fsp3) is 0.556. The average molecular weight is 358 g/mol. The number of aromatic nitrogens is 4. The van der Waals surface area contributed by atoms with Crippen LogP contribution in [0.1, 0.15) is 50.2 Å². The number of piperidine rings is 1. The Morgan fingerprint density at radius 3 is 2.42 bits per heavy atom. The zero-order valence-electron chi connectivity index (χ0n) is 15.5. The molecule has 26 heavy (non-hydrogen) atoms. The van der Waals surface area contributed by atoms with Gasteiger partial charge in [0.2, 0.25) is 5.91 Å².